The summed E-state index contributed by atoms with van der Waals surface area (Å²) in [5.74, 6) is 0.742. The lowest BCUT2D eigenvalue weighted by molar-refractivity contribution is 0.0558. The fourth-order valence-electron chi connectivity index (χ4n) is 2.77. The minimum atomic E-state index is -0.406. The van der Waals surface area contributed by atoms with Crippen LogP contribution in [0.2, 0.25) is 0 Å². The molecule has 112 valence electrons. The number of hydrogen-bond acceptors (Lipinski definition) is 5. The van der Waals surface area contributed by atoms with E-state index >= 15 is 0 Å². The number of rotatable bonds is 5. The van der Waals surface area contributed by atoms with Gasteiger partial charge in [0.2, 0.25) is 5.76 Å². The maximum absolute atomic E-state index is 11.6. The van der Waals surface area contributed by atoms with E-state index in [0.717, 1.165) is 37.5 Å². The summed E-state index contributed by atoms with van der Waals surface area (Å²) in [6.07, 6.45) is 2.43. The van der Waals surface area contributed by atoms with Crippen molar-refractivity contribution in [3.8, 4) is 0 Å². The van der Waals surface area contributed by atoms with E-state index in [1.807, 2.05) is 13.0 Å². The van der Waals surface area contributed by atoms with Gasteiger partial charge in [0.25, 0.3) is 0 Å². The highest BCUT2D eigenvalue weighted by Gasteiger charge is 2.22. The molecule has 0 saturated carbocycles. The summed E-state index contributed by atoms with van der Waals surface area (Å²) in [5.41, 5.74) is 0.838. The molecule has 5 heteroatoms. The molecule has 1 atom stereocenters. The molecule has 2 rings (SSSR count). The Morgan fingerprint density at radius 1 is 1.60 bits per heavy atom. The summed E-state index contributed by atoms with van der Waals surface area (Å²) in [4.78, 5) is 14.0. The standard InChI is InChI=1S/C15H24N2O3/c1-4-17(12-6-5-7-16-9-12)10-13-8-11(2)14(20-13)15(18)19-3/h8,12,16H,4-7,9-10H2,1-3H3. The second-order valence-electron chi connectivity index (χ2n) is 5.28. The Kier molecular flexibility index (Phi) is 5.20. The van der Waals surface area contributed by atoms with E-state index in [4.69, 9.17) is 9.15 Å². The Balaban J connectivity index is 2.05. The Morgan fingerprint density at radius 2 is 2.40 bits per heavy atom. The number of methoxy groups -OCH3 is 1. The Morgan fingerprint density at radius 3 is 3.00 bits per heavy atom. The van der Waals surface area contributed by atoms with E-state index in [2.05, 4.69) is 17.1 Å². The van der Waals surface area contributed by atoms with Crippen molar-refractivity contribution < 1.29 is 13.9 Å². The van der Waals surface area contributed by atoms with Gasteiger partial charge in [-0.25, -0.2) is 4.79 Å². The summed E-state index contributed by atoms with van der Waals surface area (Å²) in [5, 5.41) is 3.43. The number of ether oxygens (including phenoxy) is 1. The predicted molar refractivity (Wildman–Crippen MR) is 76.8 cm³/mol. The van der Waals surface area contributed by atoms with Crippen LogP contribution in [0.25, 0.3) is 0 Å². The summed E-state index contributed by atoms with van der Waals surface area (Å²) in [6, 6.07) is 2.48. The molecule has 0 spiro atoms. The molecule has 1 unspecified atom stereocenters. The van der Waals surface area contributed by atoms with Crippen LogP contribution in [0.4, 0.5) is 0 Å². The van der Waals surface area contributed by atoms with E-state index < -0.39 is 5.97 Å². The number of hydrogen-bond donors (Lipinski definition) is 1. The largest absolute Gasteiger partial charge is 0.463 e. The van der Waals surface area contributed by atoms with E-state index in [9.17, 15) is 4.79 Å². The zero-order chi connectivity index (χ0) is 14.5. The summed E-state index contributed by atoms with van der Waals surface area (Å²) >= 11 is 0. The third-order valence-corrected chi connectivity index (χ3v) is 3.89. The maximum atomic E-state index is 11.6. The lowest BCUT2D eigenvalue weighted by Gasteiger charge is -2.33. The van der Waals surface area contributed by atoms with Crippen LogP contribution in [0.5, 0.6) is 0 Å². The topological polar surface area (TPSA) is 54.7 Å². The molecule has 0 radical (unpaired) electrons. The van der Waals surface area contributed by atoms with Gasteiger partial charge in [-0.2, -0.15) is 0 Å². The quantitative estimate of drug-likeness (QED) is 0.835. The van der Waals surface area contributed by atoms with Crippen molar-refractivity contribution in [3.05, 3.63) is 23.2 Å². The molecule has 1 aromatic rings. The maximum Gasteiger partial charge on any atom is 0.374 e. The van der Waals surface area contributed by atoms with E-state index in [-0.39, 0.29) is 0 Å². The molecule has 0 aromatic carbocycles. The number of nitrogens with zero attached hydrogens (tertiary/aromatic N) is 1. The second kappa shape index (κ2) is 6.90. The molecule has 0 bridgehead atoms. The minimum absolute atomic E-state index is 0.320. The van der Waals surface area contributed by atoms with Crippen molar-refractivity contribution in [1.29, 1.82) is 0 Å². The van der Waals surface area contributed by atoms with Crippen molar-refractivity contribution in [2.45, 2.75) is 39.3 Å². The SMILES string of the molecule is CCN(Cc1cc(C)c(C(=O)OC)o1)C1CCCNC1. The first-order chi connectivity index (χ1) is 9.65. The van der Waals surface area contributed by atoms with Crippen molar-refractivity contribution in [2.75, 3.05) is 26.7 Å². The molecule has 20 heavy (non-hydrogen) atoms. The molecule has 1 N–H and O–H groups in total. The number of esters is 1. The summed E-state index contributed by atoms with van der Waals surface area (Å²) in [6.45, 7) is 7.88. The van der Waals surface area contributed by atoms with Gasteiger partial charge in [0.1, 0.15) is 5.76 Å². The highest BCUT2D eigenvalue weighted by atomic mass is 16.5. The van der Waals surface area contributed by atoms with Gasteiger partial charge in [-0.15, -0.1) is 0 Å². The molecule has 0 aliphatic carbocycles. The molecule has 2 heterocycles. The molecule has 1 fully saturated rings. The highest BCUT2D eigenvalue weighted by molar-refractivity contribution is 5.87. The van der Waals surface area contributed by atoms with Crippen molar-refractivity contribution >= 4 is 5.97 Å². The molecular formula is C15H24N2O3. The van der Waals surface area contributed by atoms with E-state index in [1.165, 1.54) is 20.0 Å². The van der Waals surface area contributed by atoms with Gasteiger partial charge >= 0.3 is 5.97 Å². The molecule has 1 aliphatic heterocycles. The Bertz CT molecular complexity index is 450. The first-order valence-electron chi connectivity index (χ1n) is 7.28. The molecule has 0 amide bonds. The van der Waals surface area contributed by atoms with Crippen LogP contribution in [-0.2, 0) is 11.3 Å². The first-order valence-corrected chi connectivity index (χ1v) is 7.28. The van der Waals surface area contributed by atoms with Crippen molar-refractivity contribution in [2.24, 2.45) is 0 Å². The normalized spacial score (nSPS) is 19.3. The molecule has 1 aromatic heterocycles. The predicted octanol–water partition coefficient (Wildman–Crippen LogP) is 1.95. The van der Waals surface area contributed by atoms with Crippen LogP contribution >= 0.6 is 0 Å². The number of aryl methyl sites for hydroxylation is 1. The van der Waals surface area contributed by atoms with Gasteiger partial charge in [0, 0.05) is 18.2 Å². The van der Waals surface area contributed by atoms with Gasteiger partial charge in [0.15, 0.2) is 0 Å². The van der Waals surface area contributed by atoms with E-state index in [0.29, 0.717) is 11.8 Å². The summed E-state index contributed by atoms with van der Waals surface area (Å²) < 4.78 is 10.4. The molecular weight excluding hydrogens is 256 g/mol. The number of carbonyl (C=O) groups is 1. The Labute approximate surface area is 120 Å². The number of likely N-dealkylation sites (N-methyl/N-ethyl adjacent to an activating group) is 1. The average molecular weight is 280 g/mol. The van der Waals surface area contributed by atoms with Crippen LogP contribution in [0.15, 0.2) is 10.5 Å². The third-order valence-electron chi connectivity index (χ3n) is 3.89. The zero-order valence-corrected chi connectivity index (χ0v) is 12.6. The molecule has 1 saturated heterocycles. The van der Waals surface area contributed by atoms with Crippen LogP contribution < -0.4 is 5.32 Å². The fraction of sp³-hybridized carbons (Fsp3) is 0.667. The first kappa shape index (κ1) is 15.1. The van der Waals surface area contributed by atoms with E-state index in [1.54, 1.807) is 0 Å². The number of furan rings is 1. The van der Waals surface area contributed by atoms with Gasteiger partial charge in [0.05, 0.1) is 13.7 Å². The van der Waals surface area contributed by atoms with Gasteiger partial charge in [-0.1, -0.05) is 6.92 Å². The summed E-state index contributed by atoms with van der Waals surface area (Å²) in [7, 11) is 1.37. The fourth-order valence-corrected chi connectivity index (χ4v) is 2.77. The smallest absolute Gasteiger partial charge is 0.374 e. The lowest BCUT2D eigenvalue weighted by atomic mass is 10.1. The second-order valence-corrected chi connectivity index (χ2v) is 5.28. The van der Waals surface area contributed by atoms with Crippen molar-refractivity contribution in [1.82, 2.24) is 10.2 Å². The Hall–Kier alpha value is -1.33. The lowest BCUT2D eigenvalue weighted by Crippen LogP contribution is -2.45. The van der Waals surface area contributed by atoms with Gasteiger partial charge in [-0.05, 0) is 38.9 Å². The number of piperidine rings is 1. The van der Waals surface area contributed by atoms with Crippen LogP contribution in [0, 0.1) is 6.92 Å². The minimum Gasteiger partial charge on any atom is -0.463 e. The van der Waals surface area contributed by atoms with Crippen LogP contribution in [0.3, 0.4) is 0 Å². The zero-order valence-electron chi connectivity index (χ0n) is 12.6. The molecule has 5 nitrogen and oxygen atoms in total. The highest BCUT2D eigenvalue weighted by Crippen LogP contribution is 2.19. The average Bonchev–Trinajstić information content (AvgIpc) is 2.85. The number of carbonyl (C=O) groups excluding carboxylic acids is 1. The van der Waals surface area contributed by atoms with Gasteiger partial charge in [-0.3, -0.25) is 4.90 Å². The van der Waals surface area contributed by atoms with Crippen LogP contribution in [-0.4, -0.2) is 43.7 Å². The van der Waals surface area contributed by atoms with Crippen molar-refractivity contribution in [3.63, 3.8) is 0 Å². The monoisotopic (exact) mass is 280 g/mol. The van der Waals surface area contributed by atoms with Crippen LogP contribution in [0.1, 0.15) is 41.6 Å². The van der Waals surface area contributed by atoms with Gasteiger partial charge < -0.3 is 14.5 Å². The molecule has 1 aliphatic rings. The number of nitrogens with one attached hydrogen (secondary N) is 1. The third kappa shape index (κ3) is 3.41.